The molecule has 1 atom stereocenters. The van der Waals surface area contributed by atoms with Crippen LogP contribution in [-0.4, -0.2) is 18.4 Å². The van der Waals surface area contributed by atoms with Gasteiger partial charge in [0.15, 0.2) is 5.75 Å². The largest absolute Gasteiger partial charge is 0.517 e. The minimum atomic E-state index is -1.02. The van der Waals surface area contributed by atoms with E-state index in [2.05, 4.69) is 0 Å². The Hall–Kier alpha value is -1.75. The third-order valence-electron chi connectivity index (χ3n) is 2.05. The van der Waals surface area contributed by atoms with Gasteiger partial charge in [-0.05, 0) is 12.1 Å². The number of carbonyl (C=O) groups excluding carboxylic acids is 2. The lowest BCUT2D eigenvalue weighted by Crippen LogP contribution is -2.25. The molecule has 0 fully saturated rings. The van der Waals surface area contributed by atoms with Crippen LogP contribution in [0.5, 0.6) is 5.75 Å². The van der Waals surface area contributed by atoms with Crippen LogP contribution in [0.15, 0.2) is 24.3 Å². The molecule has 0 aromatic heterocycles. The summed E-state index contributed by atoms with van der Waals surface area (Å²) in [6, 6.07) is 6.46. The van der Waals surface area contributed by atoms with Crippen LogP contribution in [0.2, 0.25) is 5.02 Å². The molecule has 1 aromatic rings. The zero-order valence-corrected chi connectivity index (χ0v) is 11.6. The van der Waals surface area contributed by atoms with Gasteiger partial charge in [-0.1, -0.05) is 37.6 Å². The molecule has 0 saturated heterocycles. The second-order valence-corrected chi connectivity index (χ2v) is 4.47. The number of esters is 1. The monoisotopic (exact) mass is 286 g/mol. The first kappa shape index (κ1) is 15.3. The molecule has 0 aliphatic carbocycles. The van der Waals surface area contributed by atoms with E-state index in [0.29, 0.717) is 0 Å². The molecule has 0 amide bonds. The lowest BCUT2D eigenvalue weighted by atomic mass is 10.2. The zero-order chi connectivity index (χ0) is 14.4. The summed E-state index contributed by atoms with van der Waals surface area (Å²) in [4.78, 5) is 22.7. The number of rotatable bonds is 4. The second-order valence-electron chi connectivity index (χ2n) is 4.06. The Morgan fingerprint density at radius 2 is 1.74 bits per heavy atom. The molecule has 0 heterocycles. The maximum absolute atomic E-state index is 11.4. The Morgan fingerprint density at radius 1 is 1.11 bits per heavy atom. The van der Waals surface area contributed by atoms with Crippen LogP contribution in [0.4, 0.5) is 4.79 Å². The van der Waals surface area contributed by atoms with Gasteiger partial charge in [0.1, 0.15) is 0 Å². The number of hydrogen-bond acceptors (Lipinski definition) is 5. The van der Waals surface area contributed by atoms with E-state index in [0.717, 1.165) is 0 Å². The van der Waals surface area contributed by atoms with Gasteiger partial charge in [-0.2, -0.15) is 0 Å². The highest BCUT2D eigenvalue weighted by atomic mass is 35.5. The molecular formula is C13H15ClO5. The number of hydrogen-bond donors (Lipinski definition) is 0. The number of halogens is 1. The van der Waals surface area contributed by atoms with Gasteiger partial charge in [0.25, 0.3) is 0 Å². The first-order valence-corrected chi connectivity index (χ1v) is 6.11. The van der Waals surface area contributed by atoms with Gasteiger partial charge in [0.05, 0.1) is 10.9 Å². The summed E-state index contributed by atoms with van der Waals surface area (Å²) < 4.78 is 14.5. The number of ether oxygens (including phenoxy) is 3. The fraction of sp³-hybridized carbons (Fsp3) is 0.385. The Bertz CT molecular complexity index is 458. The average molecular weight is 287 g/mol. The van der Waals surface area contributed by atoms with Gasteiger partial charge in [-0.15, -0.1) is 0 Å². The number of para-hydroxylation sites is 1. The van der Waals surface area contributed by atoms with E-state index in [-0.39, 0.29) is 16.7 Å². The third kappa shape index (κ3) is 5.18. The predicted molar refractivity (Wildman–Crippen MR) is 69.0 cm³/mol. The van der Waals surface area contributed by atoms with Gasteiger partial charge in [-0.25, -0.2) is 4.79 Å². The summed E-state index contributed by atoms with van der Waals surface area (Å²) in [6.07, 6.45) is -2.01. The third-order valence-corrected chi connectivity index (χ3v) is 2.36. The summed E-state index contributed by atoms with van der Waals surface area (Å²) >= 11 is 5.81. The highest BCUT2D eigenvalue weighted by Crippen LogP contribution is 2.23. The van der Waals surface area contributed by atoms with Crippen molar-refractivity contribution in [3.63, 3.8) is 0 Å². The summed E-state index contributed by atoms with van der Waals surface area (Å²) in [5.41, 5.74) is 0. The maximum atomic E-state index is 11.4. The molecule has 0 aliphatic rings. The first-order valence-electron chi connectivity index (χ1n) is 5.73. The van der Waals surface area contributed by atoms with Gasteiger partial charge in [0, 0.05) is 6.92 Å². The summed E-state index contributed by atoms with van der Waals surface area (Å²) in [6.45, 7) is 4.78. The van der Waals surface area contributed by atoms with Crippen molar-refractivity contribution < 1.29 is 23.8 Å². The van der Waals surface area contributed by atoms with Gasteiger partial charge < -0.3 is 14.2 Å². The van der Waals surface area contributed by atoms with E-state index < -0.39 is 18.4 Å². The molecule has 0 aliphatic heterocycles. The zero-order valence-electron chi connectivity index (χ0n) is 10.9. The van der Waals surface area contributed by atoms with Crippen molar-refractivity contribution in [1.82, 2.24) is 0 Å². The molecule has 0 unspecified atom stereocenters. The van der Waals surface area contributed by atoms with Gasteiger partial charge >= 0.3 is 12.1 Å². The van der Waals surface area contributed by atoms with Crippen LogP contribution in [0.25, 0.3) is 0 Å². The molecule has 104 valence electrons. The summed E-state index contributed by atoms with van der Waals surface area (Å²) in [5.74, 6) is -0.583. The van der Waals surface area contributed by atoms with Crippen LogP contribution in [0, 0.1) is 5.92 Å². The summed E-state index contributed by atoms with van der Waals surface area (Å²) in [7, 11) is 0. The highest BCUT2D eigenvalue weighted by Gasteiger charge is 2.18. The fourth-order valence-electron chi connectivity index (χ4n) is 1.10. The summed E-state index contributed by atoms with van der Waals surface area (Å²) in [5, 5.41) is 0.284. The van der Waals surface area contributed by atoms with Crippen LogP contribution >= 0.6 is 11.6 Å². The Morgan fingerprint density at radius 3 is 2.32 bits per heavy atom. The molecule has 0 spiro atoms. The number of carbonyl (C=O) groups is 2. The minimum absolute atomic E-state index is 0.177. The Balaban J connectivity index is 2.48. The molecule has 19 heavy (non-hydrogen) atoms. The van der Waals surface area contributed by atoms with Crippen molar-refractivity contribution in [2.24, 2.45) is 5.92 Å². The first-order chi connectivity index (χ1) is 8.90. The minimum Gasteiger partial charge on any atom is -0.425 e. The normalized spacial score (nSPS) is 11.8. The molecular weight excluding hydrogens is 272 g/mol. The molecule has 5 nitrogen and oxygen atoms in total. The van der Waals surface area contributed by atoms with E-state index in [1.165, 1.54) is 13.0 Å². The average Bonchev–Trinajstić information content (AvgIpc) is 2.31. The van der Waals surface area contributed by atoms with Crippen molar-refractivity contribution >= 4 is 23.7 Å². The smallest absolute Gasteiger partial charge is 0.425 e. The van der Waals surface area contributed by atoms with Crippen molar-refractivity contribution in [2.75, 3.05) is 0 Å². The maximum Gasteiger partial charge on any atom is 0.517 e. The molecule has 0 saturated carbocycles. The predicted octanol–water partition coefficient (Wildman–Crippen LogP) is 3.40. The van der Waals surface area contributed by atoms with E-state index in [9.17, 15) is 9.59 Å². The van der Waals surface area contributed by atoms with Crippen molar-refractivity contribution in [1.29, 1.82) is 0 Å². The van der Waals surface area contributed by atoms with E-state index in [1.807, 2.05) is 0 Å². The van der Waals surface area contributed by atoms with Crippen LogP contribution in [-0.2, 0) is 14.3 Å². The molecule has 6 heteroatoms. The van der Waals surface area contributed by atoms with E-state index in [4.69, 9.17) is 25.8 Å². The van der Waals surface area contributed by atoms with Gasteiger partial charge in [0.2, 0.25) is 6.29 Å². The molecule has 0 radical (unpaired) electrons. The lowest BCUT2D eigenvalue weighted by Gasteiger charge is -2.15. The van der Waals surface area contributed by atoms with E-state index in [1.54, 1.807) is 32.0 Å². The van der Waals surface area contributed by atoms with Crippen LogP contribution < -0.4 is 4.74 Å². The van der Waals surface area contributed by atoms with Crippen LogP contribution in [0.1, 0.15) is 20.8 Å². The molecule has 1 aromatic carbocycles. The lowest BCUT2D eigenvalue weighted by molar-refractivity contribution is -0.170. The fourth-order valence-corrected chi connectivity index (χ4v) is 1.27. The SMILES string of the molecule is CC(C)C(=O)O[C@@H](C)OC(=O)Oc1ccccc1Cl. The van der Waals surface area contributed by atoms with Gasteiger partial charge in [-0.3, -0.25) is 4.79 Å². The van der Waals surface area contributed by atoms with E-state index >= 15 is 0 Å². The standard InChI is InChI=1S/C13H15ClO5/c1-8(2)12(15)17-9(3)18-13(16)19-11-7-5-4-6-10(11)14/h4-9H,1-3H3/t9-/m1/s1. The Labute approximate surface area is 116 Å². The number of benzene rings is 1. The molecule has 1 rings (SSSR count). The van der Waals surface area contributed by atoms with Crippen LogP contribution in [0.3, 0.4) is 0 Å². The quantitative estimate of drug-likeness (QED) is 0.482. The van der Waals surface area contributed by atoms with Crippen molar-refractivity contribution in [3.8, 4) is 5.75 Å². The second kappa shape index (κ2) is 6.99. The molecule has 0 N–H and O–H groups in total. The van der Waals surface area contributed by atoms with Crippen molar-refractivity contribution in [3.05, 3.63) is 29.3 Å². The van der Waals surface area contributed by atoms with Crippen molar-refractivity contribution in [2.45, 2.75) is 27.1 Å². The Kier molecular flexibility index (Phi) is 5.63. The molecule has 0 bridgehead atoms. The topological polar surface area (TPSA) is 61.8 Å². The highest BCUT2D eigenvalue weighted by molar-refractivity contribution is 6.32.